The summed E-state index contributed by atoms with van der Waals surface area (Å²) in [5.41, 5.74) is 3.56. The lowest BCUT2D eigenvalue weighted by atomic mass is 9.82. The van der Waals surface area contributed by atoms with Gasteiger partial charge in [-0.25, -0.2) is 4.79 Å². The van der Waals surface area contributed by atoms with Gasteiger partial charge in [-0.2, -0.15) is 0 Å². The van der Waals surface area contributed by atoms with Crippen LogP contribution in [0.3, 0.4) is 0 Å². The van der Waals surface area contributed by atoms with Gasteiger partial charge in [-0.05, 0) is 53.3 Å². The van der Waals surface area contributed by atoms with Crippen LogP contribution < -0.4 is 10.1 Å². The predicted molar refractivity (Wildman–Crippen MR) is 134 cm³/mol. The summed E-state index contributed by atoms with van der Waals surface area (Å²) >= 11 is 0. The molecule has 8 heteroatoms. The lowest BCUT2D eigenvalue weighted by molar-refractivity contribution is -0.131. The maximum Gasteiger partial charge on any atom is 0.328 e. The number of carbonyl (C=O) groups excluding carboxylic acids is 2. The van der Waals surface area contributed by atoms with E-state index in [4.69, 9.17) is 15.3 Å². The Bertz CT molecular complexity index is 1220. The highest BCUT2D eigenvalue weighted by molar-refractivity contribution is 6.07. The van der Waals surface area contributed by atoms with Crippen molar-refractivity contribution in [1.29, 1.82) is 5.41 Å². The zero-order valence-corrected chi connectivity index (χ0v) is 20.7. The topological polar surface area (TPSA) is 120 Å². The van der Waals surface area contributed by atoms with E-state index in [1.54, 1.807) is 35.2 Å². The number of fused-ring (bicyclic) bond motifs is 1. The minimum atomic E-state index is -1.04. The maximum absolute atomic E-state index is 13.2. The first-order valence-electron chi connectivity index (χ1n) is 11.4. The lowest BCUT2D eigenvalue weighted by Gasteiger charge is -2.23. The van der Waals surface area contributed by atoms with Crippen molar-refractivity contribution in [3.8, 4) is 5.75 Å². The smallest absolute Gasteiger partial charge is 0.328 e. The van der Waals surface area contributed by atoms with E-state index >= 15 is 0 Å². The largest absolute Gasteiger partial charge is 0.493 e. The Labute approximate surface area is 205 Å². The number of nitrogens with one attached hydrogen (secondary N) is 2. The molecule has 8 nitrogen and oxygen atoms in total. The standard InChI is InChI=1S/C27H31N3O5/c1-6-35-23-12-18-14-30(25(28)19(18)13-20(23)26(34)29-5)15-22(31)17-8-7-16(9-10-24(32)33)21(11-17)27(2,3)4/h7-13,28H,6,14-15H2,1-5H3,(H,29,34)(H,32,33)/b10-9+,28-25?. The average Bonchev–Trinajstić information content (AvgIpc) is 3.10. The summed E-state index contributed by atoms with van der Waals surface area (Å²) in [7, 11) is 1.54. The van der Waals surface area contributed by atoms with Crippen LogP contribution in [0.4, 0.5) is 0 Å². The molecule has 0 radical (unpaired) electrons. The van der Waals surface area contributed by atoms with Crippen LogP contribution in [0.5, 0.6) is 5.75 Å². The number of ether oxygens (including phenoxy) is 1. The van der Waals surface area contributed by atoms with E-state index in [0.29, 0.717) is 35.6 Å². The summed E-state index contributed by atoms with van der Waals surface area (Å²) in [6.45, 7) is 8.60. The van der Waals surface area contributed by atoms with E-state index in [-0.39, 0.29) is 29.5 Å². The number of ketones is 1. The predicted octanol–water partition coefficient (Wildman–Crippen LogP) is 3.86. The molecule has 1 amide bonds. The first-order valence-corrected chi connectivity index (χ1v) is 11.4. The fourth-order valence-corrected chi connectivity index (χ4v) is 4.10. The summed E-state index contributed by atoms with van der Waals surface area (Å²) in [6, 6.07) is 8.65. The van der Waals surface area contributed by atoms with Crippen molar-refractivity contribution >= 4 is 29.6 Å². The van der Waals surface area contributed by atoms with Gasteiger partial charge < -0.3 is 20.1 Å². The molecule has 0 bridgehead atoms. The average molecular weight is 478 g/mol. The van der Waals surface area contributed by atoms with Crippen LogP contribution in [0.2, 0.25) is 0 Å². The summed E-state index contributed by atoms with van der Waals surface area (Å²) in [5.74, 6) is -0.863. The highest BCUT2D eigenvalue weighted by atomic mass is 16.5. The molecule has 0 saturated carbocycles. The molecular weight excluding hydrogens is 446 g/mol. The van der Waals surface area contributed by atoms with Gasteiger partial charge >= 0.3 is 5.97 Å². The SMILES string of the molecule is CCOc1cc2c(cc1C(=O)NC)C(=N)N(CC(=O)c1ccc(/C=C/C(=O)O)c(C(C)(C)C)c1)C2. The molecule has 2 aromatic carbocycles. The lowest BCUT2D eigenvalue weighted by Crippen LogP contribution is -2.30. The van der Waals surface area contributed by atoms with Gasteiger partial charge in [0, 0.05) is 30.8 Å². The van der Waals surface area contributed by atoms with Crippen molar-refractivity contribution in [2.45, 2.75) is 39.7 Å². The minimum absolute atomic E-state index is 0.000678. The van der Waals surface area contributed by atoms with E-state index in [2.05, 4.69) is 5.32 Å². The maximum atomic E-state index is 13.2. The van der Waals surface area contributed by atoms with Gasteiger partial charge in [0.25, 0.3) is 5.91 Å². The fraction of sp³-hybridized carbons (Fsp3) is 0.333. The second-order valence-electron chi connectivity index (χ2n) is 9.37. The third kappa shape index (κ3) is 5.59. The molecule has 0 fully saturated rings. The molecule has 1 heterocycles. The number of carbonyl (C=O) groups is 3. The number of amidine groups is 1. The molecule has 3 N–H and O–H groups in total. The van der Waals surface area contributed by atoms with Gasteiger partial charge in [0.05, 0.1) is 18.7 Å². The van der Waals surface area contributed by atoms with E-state index < -0.39 is 5.97 Å². The number of aliphatic carboxylic acids is 1. The van der Waals surface area contributed by atoms with Crippen molar-refractivity contribution in [3.05, 3.63) is 69.8 Å². The van der Waals surface area contributed by atoms with Gasteiger partial charge in [0.2, 0.25) is 0 Å². The number of carboxylic acids is 1. The highest BCUT2D eigenvalue weighted by Crippen LogP contribution is 2.32. The van der Waals surface area contributed by atoms with Crippen LogP contribution in [-0.2, 0) is 16.8 Å². The summed E-state index contributed by atoms with van der Waals surface area (Å²) in [5, 5.41) is 20.2. The van der Waals surface area contributed by atoms with Crippen LogP contribution in [0.15, 0.2) is 36.4 Å². The molecule has 184 valence electrons. The Hall–Kier alpha value is -3.94. The molecule has 1 aliphatic heterocycles. The molecular formula is C27H31N3O5. The number of hydrogen-bond acceptors (Lipinski definition) is 5. The van der Waals surface area contributed by atoms with Gasteiger partial charge in [0.1, 0.15) is 11.6 Å². The van der Waals surface area contributed by atoms with E-state index in [1.807, 2.05) is 27.7 Å². The van der Waals surface area contributed by atoms with Crippen molar-refractivity contribution in [3.63, 3.8) is 0 Å². The number of rotatable bonds is 8. The van der Waals surface area contributed by atoms with Crippen molar-refractivity contribution in [2.24, 2.45) is 0 Å². The molecule has 0 saturated heterocycles. The highest BCUT2D eigenvalue weighted by Gasteiger charge is 2.29. The van der Waals surface area contributed by atoms with Crippen molar-refractivity contribution in [2.75, 3.05) is 20.2 Å². The van der Waals surface area contributed by atoms with Crippen molar-refractivity contribution < 1.29 is 24.2 Å². The Morgan fingerprint density at radius 3 is 2.51 bits per heavy atom. The van der Waals surface area contributed by atoms with Crippen LogP contribution in [0, 0.1) is 5.41 Å². The summed E-state index contributed by atoms with van der Waals surface area (Å²) in [6.07, 6.45) is 2.61. The van der Waals surface area contributed by atoms with Crippen LogP contribution >= 0.6 is 0 Å². The van der Waals surface area contributed by atoms with Gasteiger partial charge in [-0.15, -0.1) is 0 Å². The van der Waals surface area contributed by atoms with E-state index in [9.17, 15) is 14.4 Å². The molecule has 1 aliphatic rings. The summed E-state index contributed by atoms with van der Waals surface area (Å²) in [4.78, 5) is 38.2. The first-order chi connectivity index (χ1) is 16.5. The molecule has 3 rings (SSSR count). The zero-order valence-electron chi connectivity index (χ0n) is 20.7. The Morgan fingerprint density at radius 1 is 1.20 bits per heavy atom. The molecule has 0 aliphatic carbocycles. The second-order valence-corrected chi connectivity index (χ2v) is 9.37. The van der Waals surface area contributed by atoms with Gasteiger partial charge in [0.15, 0.2) is 5.78 Å². The molecule has 2 aromatic rings. The third-order valence-electron chi connectivity index (χ3n) is 5.83. The molecule has 0 atom stereocenters. The number of nitrogens with zero attached hydrogens (tertiary/aromatic N) is 1. The van der Waals surface area contributed by atoms with Crippen molar-refractivity contribution in [1.82, 2.24) is 10.2 Å². The molecule has 0 aromatic heterocycles. The monoisotopic (exact) mass is 477 g/mol. The number of carboxylic acid groups (broad SMARTS) is 1. The third-order valence-corrected chi connectivity index (χ3v) is 5.83. The van der Waals surface area contributed by atoms with E-state index in [1.165, 1.54) is 13.1 Å². The quantitative estimate of drug-likeness (QED) is 0.392. The Kier molecular flexibility index (Phi) is 7.43. The summed E-state index contributed by atoms with van der Waals surface area (Å²) < 4.78 is 5.64. The van der Waals surface area contributed by atoms with Gasteiger partial charge in [-0.3, -0.25) is 15.0 Å². The van der Waals surface area contributed by atoms with Crippen LogP contribution in [0.1, 0.15) is 70.7 Å². The van der Waals surface area contributed by atoms with Gasteiger partial charge in [-0.1, -0.05) is 32.9 Å². The first kappa shape index (κ1) is 25.7. The van der Waals surface area contributed by atoms with E-state index in [0.717, 1.165) is 22.8 Å². The zero-order chi connectivity index (χ0) is 25.9. The number of amides is 1. The number of hydrogen-bond donors (Lipinski definition) is 3. The fourth-order valence-electron chi connectivity index (χ4n) is 4.10. The number of Topliss-reactive ketones (excluding diaryl/α,β-unsaturated/α-hetero) is 1. The van der Waals surface area contributed by atoms with Crippen LogP contribution in [0.25, 0.3) is 6.08 Å². The molecule has 35 heavy (non-hydrogen) atoms. The molecule has 0 spiro atoms. The minimum Gasteiger partial charge on any atom is -0.493 e. The number of benzene rings is 2. The Balaban J connectivity index is 1.88. The second kappa shape index (κ2) is 10.1. The molecule has 0 unspecified atom stereocenters. The Morgan fingerprint density at radius 2 is 1.91 bits per heavy atom. The van der Waals surface area contributed by atoms with Crippen LogP contribution in [-0.4, -0.2) is 53.7 Å². The normalized spacial score (nSPS) is 13.2.